The number of halogens is 1. The molecule has 6 nitrogen and oxygen atoms in total. The van der Waals surface area contributed by atoms with Crippen LogP contribution in [0.5, 0.6) is 0 Å². The van der Waals surface area contributed by atoms with Crippen molar-refractivity contribution < 1.29 is 18.4 Å². The normalized spacial score (nSPS) is 15.4. The molecule has 0 bridgehead atoms. The smallest absolute Gasteiger partial charge is 0.344 e. The number of anilines is 1. The van der Waals surface area contributed by atoms with E-state index in [0.717, 1.165) is 0 Å². The van der Waals surface area contributed by atoms with Gasteiger partial charge in [0, 0.05) is 12.2 Å². The second-order valence-corrected chi connectivity index (χ2v) is 6.30. The predicted octanol–water partition coefficient (Wildman–Crippen LogP) is 2.79. The topological polar surface area (TPSA) is 88.4 Å². The SMILES string of the molecule is O=C(NCCC1C(=O)Nc2ccc(F)cc21)c1cc2ccccc2c(=O)o1. The van der Waals surface area contributed by atoms with E-state index in [1.807, 2.05) is 0 Å². The minimum absolute atomic E-state index is 0.0963. The molecule has 1 aliphatic rings. The number of nitrogens with one attached hydrogen (secondary N) is 2. The third kappa shape index (κ3) is 3.19. The van der Waals surface area contributed by atoms with E-state index in [1.54, 1.807) is 24.3 Å². The maximum absolute atomic E-state index is 13.4. The van der Waals surface area contributed by atoms with Gasteiger partial charge in [0.1, 0.15) is 5.82 Å². The Hall–Kier alpha value is -3.48. The van der Waals surface area contributed by atoms with Crippen LogP contribution in [0.2, 0.25) is 0 Å². The number of carbonyl (C=O) groups excluding carboxylic acids is 2. The van der Waals surface area contributed by atoms with Crippen molar-refractivity contribution in [2.24, 2.45) is 0 Å². The zero-order valence-corrected chi connectivity index (χ0v) is 14.1. The second-order valence-electron chi connectivity index (χ2n) is 6.30. The van der Waals surface area contributed by atoms with E-state index in [9.17, 15) is 18.8 Å². The molecule has 1 aliphatic heterocycles. The molecule has 0 radical (unpaired) electrons. The highest BCUT2D eigenvalue weighted by atomic mass is 19.1. The van der Waals surface area contributed by atoms with Crippen molar-refractivity contribution >= 4 is 28.3 Å². The summed E-state index contributed by atoms with van der Waals surface area (Å²) in [6, 6.07) is 12.4. The van der Waals surface area contributed by atoms with Crippen LogP contribution in [0.1, 0.15) is 28.5 Å². The van der Waals surface area contributed by atoms with Crippen LogP contribution < -0.4 is 16.3 Å². The summed E-state index contributed by atoms with van der Waals surface area (Å²) in [6.45, 7) is 0.170. The number of carbonyl (C=O) groups is 2. The Labute approximate surface area is 153 Å². The minimum Gasteiger partial charge on any atom is -0.417 e. The average Bonchev–Trinajstić information content (AvgIpc) is 2.96. The predicted molar refractivity (Wildman–Crippen MR) is 97.2 cm³/mol. The first kappa shape index (κ1) is 17.0. The van der Waals surface area contributed by atoms with Crippen molar-refractivity contribution in [3.8, 4) is 0 Å². The highest BCUT2D eigenvalue weighted by molar-refractivity contribution is 6.03. The Bertz CT molecular complexity index is 1120. The number of fused-ring (bicyclic) bond motifs is 2. The van der Waals surface area contributed by atoms with E-state index in [4.69, 9.17) is 4.42 Å². The molecule has 0 fully saturated rings. The molecule has 0 saturated heterocycles. The first-order chi connectivity index (χ1) is 13.0. The van der Waals surface area contributed by atoms with Crippen LogP contribution in [0, 0.1) is 5.82 Å². The molecule has 0 aliphatic carbocycles. The first-order valence-corrected chi connectivity index (χ1v) is 8.44. The summed E-state index contributed by atoms with van der Waals surface area (Å²) < 4.78 is 18.5. The molecule has 2 aromatic carbocycles. The van der Waals surface area contributed by atoms with E-state index < -0.39 is 23.3 Å². The van der Waals surface area contributed by atoms with E-state index in [2.05, 4.69) is 10.6 Å². The van der Waals surface area contributed by atoms with Crippen LogP contribution in [0.4, 0.5) is 10.1 Å². The molecule has 1 aromatic heterocycles. The van der Waals surface area contributed by atoms with Gasteiger partial charge in [0.2, 0.25) is 5.91 Å². The van der Waals surface area contributed by atoms with Crippen LogP contribution >= 0.6 is 0 Å². The van der Waals surface area contributed by atoms with Crippen molar-refractivity contribution in [3.05, 3.63) is 76.1 Å². The number of hydrogen-bond donors (Lipinski definition) is 2. The van der Waals surface area contributed by atoms with Crippen molar-refractivity contribution in [2.75, 3.05) is 11.9 Å². The Balaban J connectivity index is 1.46. The molecule has 4 rings (SSSR count). The molecule has 136 valence electrons. The third-order valence-corrected chi connectivity index (χ3v) is 4.58. The van der Waals surface area contributed by atoms with Gasteiger partial charge in [0.25, 0.3) is 5.91 Å². The van der Waals surface area contributed by atoms with E-state index in [0.29, 0.717) is 28.4 Å². The lowest BCUT2D eigenvalue weighted by Crippen LogP contribution is -2.27. The maximum atomic E-state index is 13.4. The van der Waals surface area contributed by atoms with Crippen LogP contribution in [0.15, 0.2) is 57.7 Å². The molecule has 2 heterocycles. The quantitative estimate of drug-likeness (QED) is 0.743. The molecule has 0 saturated carbocycles. The number of hydrogen-bond acceptors (Lipinski definition) is 4. The molecule has 3 aromatic rings. The summed E-state index contributed by atoms with van der Waals surface area (Å²) in [5.74, 6) is -1.84. The highest BCUT2D eigenvalue weighted by Gasteiger charge is 2.30. The molecule has 27 heavy (non-hydrogen) atoms. The summed E-state index contributed by atoms with van der Waals surface area (Å²) in [6.07, 6.45) is 0.297. The summed E-state index contributed by atoms with van der Waals surface area (Å²) in [5, 5.41) is 6.34. The van der Waals surface area contributed by atoms with Gasteiger partial charge in [-0.05, 0) is 47.7 Å². The average molecular weight is 366 g/mol. The first-order valence-electron chi connectivity index (χ1n) is 8.44. The van der Waals surface area contributed by atoms with Crippen molar-refractivity contribution in [1.29, 1.82) is 0 Å². The van der Waals surface area contributed by atoms with E-state index >= 15 is 0 Å². The Kier molecular flexibility index (Phi) is 4.19. The Morgan fingerprint density at radius 3 is 2.81 bits per heavy atom. The van der Waals surface area contributed by atoms with Gasteiger partial charge in [-0.3, -0.25) is 9.59 Å². The lowest BCUT2D eigenvalue weighted by Gasteiger charge is -2.10. The van der Waals surface area contributed by atoms with Gasteiger partial charge in [-0.25, -0.2) is 9.18 Å². The fraction of sp³-hybridized carbons (Fsp3) is 0.150. The van der Waals surface area contributed by atoms with Gasteiger partial charge in [-0.15, -0.1) is 0 Å². The van der Waals surface area contributed by atoms with Gasteiger partial charge in [-0.1, -0.05) is 18.2 Å². The van der Waals surface area contributed by atoms with Crippen LogP contribution in [0.3, 0.4) is 0 Å². The second kappa shape index (κ2) is 6.68. The summed E-state index contributed by atoms with van der Waals surface area (Å²) >= 11 is 0. The van der Waals surface area contributed by atoms with Crippen molar-refractivity contribution in [1.82, 2.24) is 5.32 Å². The molecule has 1 atom stereocenters. The van der Waals surface area contributed by atoms with Gasteiger partial charge in [-0.2, -0.15) is 0 Å². The third-order valence-electron chi connectivity index (χ3n) is 4.58. The van der Waals surface area contributed by atoms with Gasteiger partial charge in [0.05, 0.1) is 11.3 Å². The van der Waals surface area contributed by atoms with Crippen LogP contribution in [-0.4, -0.2) is 18.4 Å². The van der Waals surface area contributed by atoms with Crippen molar-refractivity contribution in [3.63, 3.8) is 0 Å². The molecule has 7 heteroatoms. The highest BCUT2D eigenvalue weighted by Crippen LogP contribution is 2.34. The largest absolute Gasteiger partial charge is 0.417 e. The molecule has 0 spiro atoms. The molecule has 2 N–H and O–H groups in total. The lowest BCUT2D eigenvalue weighted by atomic mass is 9.97. The fourth-order valence-electron chi connectivity index (χ4n) is 3.25. The monoisotopic (exact) mass is 366 g/mol. The molecular formula is C20H15FN2O4. The minimum atomic E-state index is -0.585. The number of benzene rings is 2. The zero-order valence-electron chi connectivity index (χ0n) is 14.1. The molecule has 1 unspecified atom stereocenters. The number of amides is 2. The fourth-order valence-corrected chi connectivity index (χ4v) is 3.25. The Morgan fingerprint density at radius 1 is 1.15 bits per heavy atom. The van der Waals surface area contributed by atoms with E-state index in [-0.39, 0.29) is 18.2 Å². The summed E-state index contributed by atoms with van der Waals surface area (Å²) in [5.41, 5.74) is 0.572. The van der Waals surface area contributed by atoms with Crippen molar-refractivity contribution in [2.45, 2.75) is 12.3 Å². The Morgan fingerprint density at radius 2 is 1.96 bits per heavy atom. The molecular weight excluding hydrogens is 351 g/mol. The number of rotatable bonds is 4. The zero-order chi connectivity index (χ0) is 19.0. The van der Waals surface area contributed by atoms with Gasteiger partial charge >= 0.3 is 5.63 Å². The summed E-state index contributed by atoms with van der Waals surface area (Å²) in [7, 11) is 0. The molecule has 2 amide bonds. The van der Waals surface area contributed by atoms with E-state index in [1.165, 1.54) is 24.3 Å². The van der Waals surface area contributed by atoms with Crippen LogP contribution in [-0.2, 0) is 4.79 Å². The lowest BCUT2D eigenvalue weighted by molar-refractivity contribution is -0.117. The van der Waals surface area contributed by atoms with Gasteiger partial charge in [0.15, 0.2) is 5.76 Å². The summed E-state index contributed by atoms with van der Waals surface area (Å²) in [4.78, 5) is 36.3. The van der Waals surface area contributed by atoms with Crippen LogP contribution in [0.25, 0.3) is 10.8 Å². The van der Waals surface area contributed by atoms with Gasteiger partial charge < -0.3 is 15.1 Å². The maximum Gasteiger partial charge on any atom is 0.344 e. The standard InChI is InChI=1S/C20H15FN2O4/c21-12-5-6-16-15(10-12)14(18(24)23-16)7-8-22-19(25)17-9-11-3-1-2-4-13(11)20(26)27-17/h1-6,9-10,14H,7-8H2,(H,22,25)(H,23,24).